The third kappa shape index (κ3) is 1.69. The van der Waals surface area contributed by atoms with Crippen LogP contribution in [0.15, 0.2) is 0 Å². The number of hydrogen-bond acceptors (Lipinski definition) is 2. The van der Waals surface area contributed by atoms with E-state index in [1.807, 2.05) is 13.8 Å². The molecule has 0 aliphatic carbocycles. The molecule has 1 rings (SSSR count). The molecular formula is C8H15NO3. The minimum Gasteiger partial charge on any atom is -0.465 e. The molecule has 0 unspecified atom stereocenters. The highest BCUT2D eigenvalue weighted by molar-refractivity contribution is 5.66. The van der Waals surface area contributed by atoms with Gasteiger partial charge in [-0.2, -0.15) is 0 Å². The van der Waals surface area contributed by atoms with E-state index in [4.69, 9.17) is 5.11 Å². The molecule has 70 valence electrons. The largest absolute Gasteiger partial charge is 0.465 e. The Balaban J connectivity index is 2.65. The first-order valence-corrected chi connectivity index (χ1v) is 4.20. The van der Waals surface area contributed by atoms with Crippen LogP contribution in [0.25, 0.3) is 0 Å². The van der Waals surface area contributed by atoms with Gasteiger partial charge in [-0.15, -0.1) is 0 Å². The second-order valence-electron chi connectivity index (χ2n) is 3.64. The lowest BCUT2D eigenvalue weighted by molar-refractivity contribution is 0.124. The van der Waals surface area contributed by atoms with E-state index >= 15 is 0 Å². The summed E-state index contributed by atoms with van der Waals surface area (Å²) in [6.07, 6.45) is -0.831. The van der Waals surface area contributed by atoms with Crippen LogP contribution in [-0.2, 0) is 0 Å². The summed E-state index contributed by atoms with van der Waals surface area (Å²) in [5.74, 6) is 0.276. The van der Waals surface area contributed by atoms with E-state index in [2.05, 4.69) is 0 Å². The van der Waals surface area contributed by atoms with Gasteiger partial charge in [0.15, 0.2) is 0 Å². The van der Waals surface area contributed by atoms with Gasteiger partial charge in [0.1, 0.15) is 0 Å². The second kappa shape index (κ2) is 3.31. The molecule has 0 spiro atoms. The monoisotopic (exact) mass is 173 g/mol. The smallest absolute Gasteiger partial charge is 0.407 e. The summed E-state index contributed by atoms with van der Waals surface area (Å²) in [6.45, 7) is 4.20. The van der Waals surface area contributed by atoms with Crippen LogP contribution < -0.4 is 0 Å². The van der Waals surface area contributed by atoms with E-state index in [9.17, 15) is 9.90 Å². The number of aliphatic hydroxyl groups excluding tert-OH is 1. The number of rotatable bonds is 1. The number of likely N-dealkylation sites (tertiary alicyclic amines) is 1. The van der Waals surface area contributed by atoms with Crippen molar-refractivity contribution in [3.8, 4) is 0 Å². The van der Waals surface area contributed by atoms with Crippen molar-refractivity contribution in [3.63, 3.8) is 0 Å². The zero-order valence-corrected chi connectivity index (χ0v) is 7.40. The standard InChI is InChI=1S/C8H15NO3/c1-5(2)7-3-6(10)4-9(7)8(11)12/h5-7,10H,3-4H2,1-2H3,(H,11,12)/t6-,7+/m1/s1. The quantitative estimate of drug-likeness (QED) is 0.615. The second-order valence-corrected chi connectivity index (χ2v) is 3.64. The van der Waals surface area contributed by atoms with E-state index in [1.54, 1.807) is 0 Å². The molecule has 1 aliphatic heterocycles. The zero-order valence-electron chi connectivity index (χ0n) is 7.40. The maximum Gasteiger partial charge on any atom is 0.407 e. The van der Waals surface area contributed by atoms with Crippen LogP contribution in [0.3, 0.4) is 0 Å². The Kier molecular flexibility index (Phi) is 2.57. The van der Waals surface area contributed by atoms with Gasteiger partial charge < -0.3 is 15.1 Å². The van der Waals surface area contributed by atoms with Crippen LogP contribution >= 0.6 is 0 Å². The van der Waals surface area contributed by atoms with Gasteiger partial charge in [-0.1, -0.05) is 13.8 Å². The summed E-state index contributed by atoms with van der Waals surface area (Å²) in [6, 6.07) is -0.0162. The number of carboxylic acid groups (broad SMARTS) is 1. The zero-order chi connectivity index (χ0) is 9.30. The molecule has 1 heterocycles. The van der Waals surface area contributed by atoms with Crippen molar-refractivity contribution < 1.29 is 15.0 Å². The van der Waals surface area contributed by atoms with Gasteiger partial charge in [-0.05, 0) is 12.3 Å². The van der Waals surface area contributed by atoms with Gasteiger partial charge in [-0.25, -0.2) is 4.79 Å². The molecule has 12 heavy (non-hydrogen) atoms. The van der Waals surface area contributed by atoms with Gasteiger partial charge >= 0.3 is 6.09 Å². The van der Waals surface area contributed by atoms with Crippen LogP contribution in [0.2, 0.25) is 0 Å². The first-order valence-electron chi connectivity index (χ1n) is 4.20. The predicted octanol–water partition coefficient (Wildman–Crippen LogP) is 0.756. The number of hydrogen-bond donors (Lipinski definition) is 2. The molecule has 0 bridgehead atoms. The van der Waals surface area contributed by atoms with Crippen molar-refractivity contribution in [1.29, 1.82) is 0 Å². The van der Waals surface area contributed by atoms with Crippen molar-refractivity contribution in [1.82, 2.24) is 4.90 Å². The van der Waals surface area contributed by atoms with Crippen LogP contribution in [0.4, 0.5) is 4.79 Å². The average molecular weight is 173 g/mol. The number of β-amino-alcohol motifs (C(OH)–C–C–N with tert-alkyl or cyclic N) is 1. The highest BCUT2D eigenvalue weighted by Crippen LogP contribution is 2.23. The fourth-order valence-corrected chi connectivity index (χ4v) is 1.69. The predicted molar refractivity (Wildman–Crippen MR) is 44.0 cm³/mol. The summed E-state index contributed by atoms with van der Waals surface area (Å²) in [7, 11) is 0. The van der Waals surface area contributed by atoms with E-state index in [-0.39, 0.29) is 18.5 Å². The van der Waals surface area contributed by atoms with Crippen molar-refractivity contribution in [3.05, 3.63) is 0 Å². The Bertz CT molecular complexity index is 181. The van der Waals surface area contributed by atoms with Crippen LogP contribution in [-0.4, -0.2) is 39.9 Å². The minimum absolute atomic E-state index is 0.0162. The highest BCUT2D eigenvalue weighted by atomic mass is 16.4. The first kappa shape index (κ1) is 9.32. The average Bonchev–Trinajstić information content (AvgIpc) is 2.31. The molecule has 1 amide bonds. The summed E-state index contributed by atoms with van der Waals surface area (Å²) >= 11 is 0. The molecule has 4 nitrogen and oxygen atoms in total. The Morgan fingerprint density at radius 1 is 1.58 bits per heavy atom. The molecule has 0 aromatic heterocycles. The maximum atomic E-state index is 10.7. The molecule has 0 aromatic carbocycles. The summed E-state index contributed by atoms with van der Waals surface area (Å²) in [5.41, 5.74) is 0. The molecule has 0 saturated carbocycles. The lowest BCUT2D eigenvalue weighted by Gasteiger charge is -2.23. The first-order chi connectivity index (χ1) is 5.52. The molecule has 4 heteroatoms. The van der Waals surface area contributed by atoms with Gasteiger partial charge in [0.2, 0.25) is 0 Å². The highest BCUT2D eigenvalue weighted by Gasteiger charge is 2.35. The Morgan fingerprint density at radius 2 is 2.17 bits per heavy atom. The number of amides is 1. The third-order valence-electron chi connectivity index (χ3n) is 2.34. The third-order valence-corrected chi connectivity index (χ3v) is 2.34. The van der Waals surface area contributed by atoms with Crippen LogP contribution in [0.1, 0.15) is 20.3 Å². The van der Waals surface area contributed by atoms with Gasteiger partial charge in [0, 0.05) is 6.04 Å². The van der Waals surface area contributed by atoms with E-state index in [0.29, 0.717) is 6.42 Å². The molecule has 2 N–H and O–H groups in total. The topological polar surface area (TPSA) is 60.8 Å². The van der Waals surface area contributed by atoms with Crippen molar-refractivity contribution in [2.45, 2.75) is 32.4 Å². The minimum atomic E-state index is -0.926. The van der Waals surface area contributed by atoms with Gasteiger partial charge in [0.25, 0.3) is 0 Å². The van der Waals surface area contributed by atoms with Crippen LogP contribution in [0, 0.1) is 5.92 Å². The fraction of sp³-hybridized carbons (Fsp3) is 0.875. The molecule has 1 fully saturated rings. The molecular weight excluding hydrogens is 158 g/mol. The molecule has 1 aliphatic rings. The summed E-state index contributed by atoms with van der Waals surface area (Å²) < 4.78 is 0. The molecule has 2 atom stereocenters. The number of aliphatic hydroxyl groups is 1. The van der Waals surface area contributed by atoms with Crippen LogP contribution in [0.5, 0.6) is 0 Å². The van der Waals surface area contributed by atoms with Crippen molar-refractivity contribution in [2.75, 3.05) is 6.54 Å². The number of carbonyl (C=O) groups is 1. The molecule has 0 radical (unpaired) electrons. The SMILES string of the molecule is CC(C)[C@@H]1C[C@@H](O)CN1C(=O)O. The number of nitrogens with zero attached hydrogens (tertiary/aromatic N) is 1. The maximum absolute atomic E-state index is 10.7. The Labute approximate surface area is 71.8 Å². The van der Waals surface area contributed by atoms with E-state index in [0.717, 1.165) is 0 Å². The van der Waals surface area contributed by atoms with E-state index < -0.39 is 12.2 Å². The van der Waals surface area contributed by atoms with E-state index in [1.165, 1.54) is 4.90 Å². The lowest BCUT2D eigenvalue weighted by atomic mass is 10.0. The summed E-state index contributed by atoms with van der Waals surface area (Å²) in [4.78, 5) is 12.0. The van der Waals surface area contributed by atoms with Gasteiger partial charge in [-0.3, -0.25) is 0 Å². The van der Waals surface area contributed by atoms with Crippen molar-refractivity contribution >= 4 is 6.09 Å². The lowest BCUT2D eigenvalue weighted by Crippen LogP contribution is -2.37. The Morgan fingerprint density at radius 3 is 2.50 bits per heavy atom. The summed E-state index contributed by atoms with van der Waals surface area (Å²) in [5, 5.41) is 18.0. The Hall–Kier alpha value is -0.770. The van der Waals surface area contributed by atoms with Gasteiger partial charge in [0.05, 0.1) is 12.6 Å². The van der Waals surface area contributed by atoms with Crippen molar-refractivity contribution in [2.24, 2.45) is 5.92 Å². The normalized spacial score (nSPS) is 29.8. The molecule has 1 saturated heterocycles. The fourth-order valence-electron chi connectivity index (χ4n) is 1.69. The molecule has 0 aromatic rings.